The maximum Gasteiger partial charge on any atom is -0.0253 e. The third kappa shape index (κ3) is 7.49. The average Bonchev–Trinajstić information content (AvgIpc) is 3.47. The molecule has 0 amide bonds. The number of benzene rings is 3. The van der Waals surface area contributed by atoms with Crippen molar-refractivity contribution in [2.75, 3.05) is 0 Å². The van der Waals surface area contributed by atoms with E-state index in [2.05, 4.69) is 68.4 Å². The third-order valence-corrected chi connectivity index (χ3v) is 10.6. The van der Waals surface area contributed by atoms with Crippen LogP contribution in [0.25, 0.3) is 11.1 Å². The molecule has 4 bridgehead atoms. The minimum absolute atomic E-state index is 0. The summed E-state index contributed by atoms with van der Waals surface area (Å²) in [5.41, 5.74) is 12.0. The molecule has 0 nitrogen and oxygen atoms in total. The van der Waals surface area contributed by atoms with Gasteiger partial charge in [0.25, 0.3) is 0 Å². The van der Waals surface area contributed by atoms with Crippen LogP contribution in [0.4, 0.5) is 4.39 Å². The molecule has 9 rings (SSSR count). The van der Waals surface area contributed by atoms with E-state index in [0.717, 1.165) is 29.7 Å². The van der Waals surface area contributed by atoms with Crippen molar-refractivity contribution < 1.29 is 53.4 Å². The molecule has 4 saturated carbocycles. The van der Waals surface area contributed by atoms with Crippen molar-refractivity contribution >= 4 is 3.71 Å². The van der Waals surface area contributed by atoms with Crippen molar-refractivity contribution in [3.63, 3.8) is 0 Å². The average molecular weight is 677 g/mol. The van der Waals surface area contributed by atoms with Crippen LogP contribution >= 0.6 is 0 Å². The summed E-state index contributed by atoms with van der Waals surface area (Å²) in [7, 11) is 0. The summed E-state index contributed by atoms with van der Waals surface area (Å²) in [4.78, 5) is 0. The van der Waals surface area contributed by atoms with E-state index in [1.54, 1.807) is 61.8 Å². The summed E-state index contributed by atoms with van der Waals surface area (Å²) in [5.74, 6) is 3.10. The second-order valence-corrected chi connectivity index (χ2v) is 13.6. The monoisotopic (exact) mass is 674 g/mol. The zero-order chi connectivity index (χ0) is 27.7. The number of aryl methyl sites for hydroxylation is 2. The van der Waals surface area contributed by atoms with E-state index >= 15 is 0 Å². The van der Waals surface area contributed by atoms with Gasteiger partial charge < -0.3 is 24.8 Å². The number of rotatable bonds is 3. The molecule has 4 aromatic carbocycles. The zero-order valence-electron chi connectivity index (χ0n) is 24.6. The molecule has 5 aliphatic rings. The van der Waals surface area contributed by atoms with Crippen LogP contribution in [-0.4, -0.2) is 3.71 Å². The zero-order valence-corrected chi connectivity index (χ0v) is 28.6. The van der Waals surface area contributed by atoms with Gasteiger partial charge in [-0.15, -0.1) is 5.56 Å². The maximum atomic E-state index is 12.2. The Morgan fingerprint density at radius 1 is 0.881 bits per heavy atom. The van der Waals surface area contributed by atoms with Crippen molar-refractivity contribution in [2.45, 2.75) is 65.2 Å². The molecule has 0 unspecified atom stereocenters. The van der Waals surface area contributed by atoms with E-state index < -0.39 is 0 Å². The van der Waals surface area contributed by atoms with Crippen LogP contribution in [0.1, 0.15) is 71.9 Å². The van der Waals surface area contributed by atoms with Crippen molar-refractivity contribution in [3.8, 4) is 11.1 Å². The van der Waals surface area contributed by atoms with Crippen LogP contribution in [-0.2, 0) is 37.1 Å². The van der Waals surface area contributed by atoms with Crippen LogP contribution in [0.5, 0.6) is 0 Å². The fourth-order valence-electron chi connectivity index (χ4n) is 8.52. The van der Waals surface area contributed by atoms with Crippen molar-refractivity contribution in [2.24, 2.45) is 23.2 Å². The van der Waals surface area contributed by atoms with Crippen molar-refractivity contribution in [1.29, 1.82) is 0 Å². The quantitative estimate of drug-likeness (QED) is 0.258. The Bertz CT molecular complexity index is 1410. The van der Waals surface area contributed by atoms with E-state index in [-0.39, 0.29) is 30.6 Å². The number of hydrogen-bond donors (Lipinski definition) is 0. The SMILES string of the molecule is Cc1cc(CC23CC4CC(CC(C4)C2)C3)c(C)[cH-]1.Fc1ccc([CH]=[Zr+2])cc1.[Cl-].[Cl-].[c-]1cccc2c1Cc1ccccc1-2. The van der Waals surface area contributed by atoms with Gasteiger partial charge in [0.05, 0.1) is 0 Å². The first-order valence-electron chi connectivity index (χ1n) is 15.0. The molecule has 218 valence electrons. The molecule has 4 heteroatoms. The summed E-state index contributed by atoms with van der Waals surface area (Å²) >= 11 is 1.34. The predicted molar refractivity (Wildman–Crippen MR) is 161 cm³/mol. The molecule has 5 aliphatic carbocycles. The summed E-state index contributed by atoms with van der Waals surface area (Å²) in [6.45, 7) is 4.55. The van der Waals surface area contributed by atoms with Crippen molar-refractivity contribution in [3.05, 3.63) is 124 Å². The number of hydrogen-bond acceptors (Lipinski definition) is 0. The molecule has 42 heavy (non-hydrogen) atoms. The van der Waals surface area contributed by atoms with Crippen LogP contribution in [0, 0.1) is 48.9 Å². The van der Waals surface area contributed by atoms with E-state index in [4.69, 9.17) is 0 Å². The fraction of sp³-hybridized carbons (Fsp3) is 0.368. The smallest absolute Gasteiger partial charge is 0.0253 e. The fourth-order valence-corrected chi connectivity index (χ4v) is 9.00. The molecule has 0 radical (unpaired) electrons. The first-order chi connectivity index (χ1) is 19.4. The van der Waals surface area contributed by atoms with Crippen molar-refractivity contribution in [1.82, 2.24) is 0 Å². The molecule has 0 atom stereocenters. The van der Waals surface area contributed by atoms with Gasteiger partial charge in [0.2, 0.25) is 0 Å². The molecule has 0 heterocycles. The summed E-state index contributed by atoms with van der Waals surface area (Å²) in [6, 6.07) is 29.4. The Morgan fingerprint density at radius 2 is 1.50 bits per heavy atom. The molecule has 0 N–H and O–H groups in total. The Kier molecular flexibility index (Phi) is 11.3. The second-order valence-electron chi connectivity index (χ2n) is 12.9. The third-order valence-electron chi connectivity index (χ3n) is 9.74. The Balaban J connectivity index is 0.000000150. The van der Waals surface area contributed by atoms with Crippen LogP contribution < -0.4 is 24.8 Å². The van der Waals surface area contributed by atoms with Gasteiger partial charge in [0.15, 0.2) is 0 Å². The summed E-state index contributed by atoms with van der Waals surface area (Å²) in [5, 5.41) is 0. The number of halogens is 3. The Labute approximate surface area is 279 Å². The normalized spacial score (nSPS) is 23.6. The minimum Gasteiger partial charge on any atom is -1.00 e. The molecule has 0 aromatic heterocycles. The van der Waals surface area contributed by atoms with Crippen LogP contribution in [0.2, 0.25) is 0 Å². The first kappa shape index (κ1) is 33.2. The standard InChI is InChI=1S/C18H25.C13H9.C7H5F.2ClH.Zr/c1-12-3-13(2)17(4-12)11-18-8-14-5-15(9-18)7-16(6-14)10-18;1-3-7-12-10(5-1)9-11-6-2-4-8-13(11)12;1-6-2-4-7(8)5-3-6;;;/h3-4,14-16H,5-11H2,1-2H3;1-5,7-8H,9H2;1-5H;2*1H;/q2*-1;;;;+2/p-2. The van der Waals surface area contributed by atoms with Gasteiger partial charge in [0.1, 0.15) is 0 Å². The molecule has 0 saturated heterocycles. The molecule has 0 aliphatic heterocycles. The van der Waals surface area contributed by atoms with Gasteiger partial charge >= 0.3 is 68.0 Å². The van der Waals surface area contributed by atoms with Crippen LogP contribution in [0.15, 0.2) is 78.9 Å². The Hall–Kier alpha value is -1.73. The molecular formula is C38H39Cl2FZr-2. The topological polar surface area (TPSA) is 0 Å². The van der Waals surface area contributed by atoms with Crippen LogP contribution in [0.3, 0.4) is 0 Å². The van der Waals surface area contributed by atoms with Gasteiger partial charge in [-0.2, -0.15) is 52.6 Å². The predicted octanol–water partition coefficient (Wildman–Crippen LogP) is 3.37. The van der Waals surface area contributed by atoms with E-state index in [1.807, 2.05) is 9.78 Å². The van der Waals surface area contributed by atoms with Gasteiger partial charge in [0, 0.05) is 0 Å². The van der Waals surface area contributed by atoms with E-state index in [1.165, 1.54) is 70.6 Å². The van der Waals surface area contributed by atoms with E-state index in [9.17, 15) is 4.39 Å². The Morgan fingerprint density at radius 3 is 2.10 bits per heavy atom. The second kappa shape index (κ2) is 14.4. The van der Waals surface area contributed by atoms with Gasteiger partial charge in [-0.25, -0.2) is 6.07 Å². The summed E-state index contributed by atoms with van der Waals surface area (Å²) < 4.78 is 14.2. The van der Waals surface area contributed by atoms with E-state index in [0.29, 0.717) is 5.41 Å². The van der Waals surface area contributed by atoms with Gasteiger partial charge in [-0.3, -0.25) is 0 Å². The first-order valence-corrected chi connectivity index (χ1v) is 16.4. The molecule has 4 aromatic rings. The number of fused-ring (bicyclic) bond motifs is 3. The van der Waals surface area contributed by atoms with Gasteiger partial charge in [-0.05, 0) is 68.1 Å². The largest absolute Gasteiger partial charge is 1.00 e. The molecular weight excluding hydrogens is 638 g/mol. The maximum absolute atomic E-state index is 12.2. The molecule has 0 spiro atoms. The van der Waals surface area contributed by atoms with Gasteiger partial charge in [-0.1, -0.05) is 55.7 Å². The molecule has 4 fully saturated rings. The minimum atomic E-state index is -0.170. The summed E-state index contributed by atoms with van der Waals surface area (Å²) in [6.07, 6.45) is 11.8.